The molecule has 0 spiro atoms. The zero-order chi connectivity index (χ0) is 24.1. The van der Waals surface area contributed by atoms with E-state index in [0.29, 0.717) is 19.5 Å². The summed E-state index contributed by atoms with van der Waals surface area (Å²) in [5.41, 5.74) is 2.52. The first-order chi connectivity index (χ1) is 14.3. The molecule has 0 radical (unpaired) electrons. The monoisotopic (exact) mass is 436 g/mol. The van der Waals surface area contributed by atoms with Gasteiger partial charge in [0.05, 0.1) is 6.61 Å². The number of carboxylic acids is 1. The van der Waals surface area contributed by atoms with Gasteiger partial charge in [0, 0.05) is 6.42 Å². The van der Waals surface area contributed by atoms with Crippen molar-refractivity contribution in [2.45, 2.75) is 111 Å². The van der Waals surface area contributed by atoms with Gasteiger partial charge in [-0.2, -0.15) is 0 Å². The van der Waals surface area contributed by atoms with Gasteiger partial charge in [0.15, 0.2) is 0 Å². The Balaban J connectivity index is 0.000000695. The maximum Gasteiger partial charge on any atom is 0.303 e. The molecule has 0 bridgehead atoms. The highest BCUT2D eigenvalue weighted by Gasteiger charge is 2.24. The van der Waals surface area contributed by atoms with Crippen molar-refractivity contribution in [3.05, 3.63) is 28.8 Å². The maximum absolute atomic E-state index is 10.8. The van der Waals surface area contributed by atoms with Crippen LogP contribution in [0.3, 0.4) is 0 Å². The molecule has 1 rings (SSSR count). The molecular formula is C26H44O5. The number of carboxylic acid groups (broad SMARTS) is 1. The first-order valence-electron chi connectivity index (χ1n) is 11.5. The Kier molecular flexibility index (Phi) is 13.2. The predicted molar refractivity (Wildman–Crippen MR) is 127 cm³/mol. The molecule has 31 heavy (non-hydrogen) atoms. The number of ether oxygens (including phenoxy) is 1. The summed E-state index contributed by atoms with van der Waals surface area (Å²) in [5, 5.41) is 19.3. The smallest absolute Gasteiger partial charge is 0.303 e. The van der Waals surface area contributed by atoms with Gasteiger partial charge in [0.25, 0.3) is 6.47 Å². The topological polar surface area (TPSA) is 83.8 Å². The molecule has 0 aliphatic carbocycles. The number of unbranched alkanes of at least 4 members (excludes halogenated alkanes) is 5. The zero-order valence-electron chi connectivity index (χ0n) is 20.7. The average Bonchev–Trinajstić information content (AvgIpc) is 2.65. The molecule has 0 aliphatic rings. The summed E-state index contributed by atoms with van der Waals surface area (Å²) in [4.78, 5) is 20.5. The highest BCUT2D eigenvalue weighted by Crippen LogP contribution is 2.38. The van der Waals surface area contributed by atoms with Crippen molar-refractivity contribution in [3.63, 3.8) is 0 Å². The molecule has 0 heterocycles. The number of carbonyl (C=O) groups is 2. The van der Waals surface area contributed by atoms with Crippen molar-refractivity contribution < 1.29 is 24.5 Å². The Labute approximate surface area is 189 Å². The molecule has 0 saturated carbocycles. The van der Waals surface area contributed by atoms with Gasteiger partial charge in [0.2, 0.25) is 0 Å². The number of hydrogen-bond donors (Lipinski definition) is 2. The minimum Gasteiger partial charge on any atom is -0.507 e. The molecule has 0 unspecified atom stereocenters. The van der Waals surface area contributed by atoms with Crippen LogP contribution in [0.15, 0.2) is 12.1 Å². The fourth-order valence-corrected chi connectivity index (χ4v) is 3.15. The lowest BCUT2D eigenvalue weighted by atomic mass is 9.78. The van der Waals surface area contributed by atoms with Gasteiger partial charge in [-0.1, -0.05) is 92.7 Å². The standard InChI is InChI=1S/C17H26O3.C9H18O2/c1-16(2,3)12-9-11(7-8-14(18)19)15(20)13(10-12)17(4,5)6;1-2-3-4-5-6-7-8-11-9-10/h9-10,20H,7-8H2,1-6H3,(H,18,19);9H,2-8H2,1H3. The Morgan fingerprint density at radius 1 is 0.968 bits per heavy atom. The number of benzene rings is 1. The van der Waals surface area contributed by atoms with E-state index in [4.69, 9.17) is 5.11 Å². The Morgan fingerprint density at radius 2 is 1.55 bits per heavy atom. The molecule has 0 amide bonds. The molecule has 0 saturated heterocycles. The van der Waals surface area contributed by atoms with Crippen LogP contribution in [0.5, 0.6) is 5.75 Å². The lowest BCUT2D eigenvalue weighted by Gasteiger charge is -2.27. The summed E-state index contributed by atoms with van der Waals surface area (Å²) in [6.07, 6.45) is 7.79. The molecule has 1 aromatic carbocycles. The van der Waals surface area contributed by atoms with Crippen LogP contribution in [0.1, 0.15) is 110 Å². The number of aliphatic carboxylic acids is 1. The molecule has 2 N–H and O–H groups in total. The molecule has 1 aromatic rings. The lowest BCUT2D eigenvalue weighted by molar-refractivity contribution is -0.137. The third kappa shape index (κ3) is 12.4. The van der Waals surface area contributed by atoms with Crippen molar-refractivity contribution in [2.75, 3.05) is 6.61 Å². The van der Waals surface area contributed by atoms with Crippen molar-refractivity contribution in [3.8, 4) is 5.75 Å². The van der Waals surface area contributed by atoms with Crippen LogP contribution in [0.25, 0.3) is 0 Å². The third-order valence-electron chi connectivity index (χ3n) is 5.15. The van der Waals surface area contributed by atoms with E-state index in [1.165, 1.54) is 32.1 Å². The molecule has 178 valence electrons. The van der Waals surface area contributed by atoms with Crippen LogP contribution in [-0.2, 0) is 31.6 Å². The van der Waals surface area contributed by atoms with Gasteiger partial charge in [-0.25, -0.2) is 0 Å². The van der Waals surface area contributed by atoms with Gasteiger partial charge in [-0.15, -0.1) is 0 Å². The van der Waals surface area contributed by atoms with Crippen molar-refractivity contribution in [1.29, 1.82) is 0 Å². The van der Waals surface area contributed by atoms with E-state index in [0.717, 1.165) is 23.1 Å². The Morgan fingerprint density at radius 3 is 2.03 bits per heavy atom. The average molecular weight is 437 g/mol. The molecular weight excluding hydrogens is 392 g/mol. The first-order valence-corrected chi connectivity index (χ1v) is 11.5. The van der Waals surface area contributed by atoms with Crippen LogP contribution in [-0.4, -0.2) is 29.3 Å². The summed E-state index contributed by atoms with van der Waals surface area (Å²) in [7, 11) is 0. The number of aromatic hydroxyl groups is 1. The van der Waals surface area contributed by atoms with Gasteiger partial charge >= 0.3 is 5.97 Å². The van der Waals surface area contributed by atoms with Crippen molar-refractivity contribution >= 4 is 12.4 Å². The minimum atomic E-state index is -0.845. The Bertz CT molecular complexity index is 666. The molecule has 0 fully saturated rings. The van der Waals surface area contributed by atoms with Crippen LogP contribution in [0.4, 0.5) is 0 Å². The molecule has 5 nitrogen and oxygen atoms in total. The fourth-order valence-electron chi connectivity index (χ4n) is 3.15. The third-order valence-corrected chi connectivity index (χ3v) is 5.15. The van der Waals surface area contributed by atoms with E-state index in [1.54, 1.807) is 0 Å². The summed E-state index contributed by atoms with van der Waals surface area (Å²) >= 11 is 0. The van der Waals surface area contributed by atoms with Crippen molar-refractivity contribution in [1.82, 2.24) is 0 Å². The summed E-state index contributed by atoms with van der Waals surface area (Å²) in [6, 6.07) is 3.98. The normalized spacial score (nSPS) is 11.5. The van der Waals surface area contributed by atoms with Gasteiger partial charge in [0.1, 0.15) is 5.75 Å². The van der Waals surface area contributed by atoms with E-state index in [1.807, 2.05) is 12.1 Å². The number of carbonyl (C=O) groups excluding carboxylic acids is 1. The maximum atomic E-state index is 10.8. The summed E-state index contributed by atoms with van der Waals surface area (Å²) in [5.74, 6) is -0.602. The van der Waals surface area contributed by atoms with Crippen LogP contribution < -0.4 is 0 Å². The largest absolute Gasteiger partial charge is 0.507 e. The number of phenols is 1. The van der Waals surface area contributed by atoms with E-state index in [9.17, 15) is 14.7 Å². The second kappa shape index (κ2) is 14.1. The fraction of sp³-hybridized carbons (Fsp3) is 0.692. The van der Waals surface area contributed by atoms with Crippen LogP contribution in [0, 0.1) is 0 Å². The number of hydrogen-bond acceptors (Lipinski definition) is 4. The highest BCUT2D eigenvalue weighted by atomic mass is 16.5. The predicted octanol–water partition coefficient (Wildman–Crippen LogP) is 6.52. The zero-order valence-corrected chi connectivity index (χ0v) is 20.7. The first kappa shape index (κ1) is 29.0. The van der Waals surface area contributed by atoms with Crippen molar-refractivity contribution in [2.24, 2.45) is 0 Å². The number of phenolic OH excluding ortho intramolecular Hbond substituents is 1. The summed E-state index contributed by atoms with van der Waals surface area (Å²) < 4.78 is 4.56. The quantitative estimate of drug-likeness (QED) is 0.304. The molecule has 5 heteroatoms. The minimum absolute atomic E-state index is 0.0325. The number of rotatable bonds is 11. The number of aryl methyl sites for hydroxylation is 1. The second-order valence-corrected chi connectivity index (χ2v) is 10.2. The van der Waals surface area contributed by atoms with Gasteiger partial charge in [-0.3, -0.25) is 9.59 Å². The van der Waals surface area contributed by atoms with E-state index in [-0.39, 0.29) is 23.0 Å². The Hall–Kier alpha value is -2.04. The second-order valence-electron chi connectivity index (χ2n) is 10.2. The van der Waals surface area contributed by atoms with E-state index < -0.39 is 5.97 Å². The summed E-state index contributed by atoms with van der Waals surface area (Å²) in [6.45, 7) is 15.8. The van der Waals surface area contributed by atoms with Crippen LogP contribution >= 0.6 is 0 Å². The molecule has 0 atom stereocenters. The van der Waals surface area contributed by atoms with Crippen LogP contribution in [0.2, 0.25) is 0 Å². The van der Waals surface area contributed by atoms with Gasteiger partial charge < -0.3 is 14.9 Å². The molecule has 0 aromatic heterocycles. The van der Waals surface area contributed by atoms with E-state index >= 15 is 0 Å². The van der Waals surface area contributed by atoms with E-state index in [2.05, 4.69) is 53.2 Å². The van der Waals surface area contributed by atoms with Gasteiger partial charge in [-0.05, 0) is 40.4 Å². The molecule has 0 aliphatic heterocycles. The lowest BCUT2D eigenvalue weighted by Crippen LogP contribution is -2.17. The SMILES string of the molecule is CC(C)(C)c1cc(CCC(=O)O)c(O)c(C(C)(C)C)c1.CCCCCCCCOC=O. The highest BCUT2D eigenvalue weighted by molar-refractivity contribution is 5.67.